The zero-order valence-corrected chi connectivity index (χ0v) is 19.1. The number of carbonyl (C=O) groups excluding carboxylic acids is 3. The highest BCUT2D eigenvalue weighted by Crippen LogP contribution is 2.36. The minimum atomic E-state index is -0.621. The zero-order chi connectivity index (χ0) is 23.7. The average molecular weight is 452 g/mol. The Morgan fingerprint density at radius 2 is 2.09 bits per heavy atom. The molecule has 9 nitrogen and oxygen atoms in total. The first-order valence-corrected chi connectivity index (χ1v) is 11.0. The number of carbonyl (C=O) groups is 3. The number of hydrogen-bond acceptors (Lipinski definition) is 5. The van der Waals surface area contributed by atoms with Gasteiger partial charge in [-0.05, 0) is 63.7 Å². The molecule has 3 heterocycles. The smallest absolute Gasteiger partial charge is 0.256 e. The number of aryl methyl sites for hydroxylation is 1. The Labute approximate surface area is 192 Å². The third kappa shape index (κ3) is 4.55. The van der Waals surface area contributed by atoms with Crippen molar-refractivity contribution in [1.82, 2.24) is 14.8 Å². The van der Waals surface area contributed by atoms with Gasteiger partial charge in [-0.3, -0.25) is 14.4 Å². The van der Waals surface area contributed by atoms with Gasteiger partial charge in [-0.25, -0.2) is 0 Å². The molecular formula is C24H29N5O4. The van der Waals surface area contributed by atoms with E-state index in [1.807, 2.05) is 25.9 Å². The molecule has 0 spiro atoms. The number of aromatic amines is 1. The number of rotatable bonds is 6. The van der Waals surface area contributed by atoms with Crippen LogP contribution in [0.3, 0.4) is 0 Å². The monoisotopic (exact) mass is 451 g/mol. The summed E-state index contributed by atoms with van der Waals surface area (Å²) in [5.74, 6) is -0.758. The van der Waals surface area contributed by atoms with Gasteiger partial charge in [0.1, 0.15) is 6.61 Å². The van der Waals surface area contributed by atoms with E-state index in [1.165, 1.54) is 0 Å². The van der Waals surface area contributed by atoms with Crippen molar-refractivity contribution in [3.63, 3.8) is 0 Å². The highest BCUT2D eigenvalue weighted by Gasteiger charge is 2.29. The molecule has 0 saturated carbocycles. The number of nitrogens with zero attached hydrogens (tertiary/aromatic N) is 2. The quantitative estimate of drug-likeness (QED) is 0.499. The van der Waals surface area contributed by atoms with Crippen molar-refractivity contribution >= 4 is 40.7 Å². The molecule has 2 aliphatic heterocycles. The van der Waals surface area contributed by atoms with Crippen molar-refractivity contribution in [2.45, 2.75) is 19.8 Å². The topological polar surface area (TPSA) is 118 Å². The van der Waals surface area contributed by atoms with Crippen LogP contribution in [0.25, 0.3) is 11.6 Å². The van der Waals surface area contributed by atoms with Crippen LogP contribution in [0.1, 0.15) is 39.3 Å². The SMILES string of the molecule is Cc1c(C=C2C(=O)Nc3ccc(NC(=O)CO)cc32)[nH]c2c1C(=O)N(CCN(C)C)CCC2. The number of aliphatic hydroxyl groups is 1. The maximum absolute atomic E-state index is 13.3. The molecule has 0 unspecified atom stereocenters. The molecule has 0 fully saturated rings. The van der Waals surface area contributed by atoms with Gasteiger partial charge in [-0.15, -0.1) is 0 Å². The summed E-state index contributed by atoms with van der Waals surface area (Å²) in [4.78, 5) is 44.9. The number of aliphatic hydroxyl groups excluding tert-OH is 1. The first-order chi connectivity index (χ1) is 15.8. The number of H-pyrrole nitrogens is 1. The van der Waals surface area contributed by atoms with Crippen molar-refractivity contribution in [3.05, 3.63) is 46.3 Å². The molecule has 0 atom stereocenters. The molecule has 1 aromatic carbocycles. The van der Waals surface area contributed by atoms with E-state index >= 15 is 0 Å². The number of anilines is 2. The molecule has 9 heteroatoms. The van der Waals surface area contributed by atoms with Gasteiger partial charge in [0, 0.05) is 48.0 Å². The van der Waals surface area contributed by atoms with Gasteiger partial charge in [-0.2, -0.15) is 0 Å². The molecule has 0 radical (unpaired) electrons. The van der Waals surface area contributed by atoms with Crippen molar-refractivity contribution in [2.24, 2.45) is 0 Å². The Morgan fingerprint density at radius 3 is 2.82 bits per heavy atom. The summed E-state index contributed by atoms with van der Waals surface area (Å²) in [6.07, 6.45) is 3.41. The first-order valence-electron chi connectivity index (χ1n) is 11.0. The van der Waals surface area contributed by atoms with Gasteiger partial charge in [0.05, 0.1) is 11.1 Å². The maximum Gasteiger partial charge on any atom is 0.256 e. The lowest BCUT2D eigenvalue weighted by Crippen LogP contribution is -2.36. The Hall–Kier alpha value is -3.43. The van der Waals surface area contributed by atoms with Crippen LogP contribution in [-0.4, -0.2) is 77.9 Å². The molecule has 33 heavy (non-hydrogen) atoms. The number of amides is 3. The second-order valence-corrected chi connectivity index (χ2v) is 8.70. The summed E-state index contributed by atoms with van der Waals surface area (Å²) in [7, 11) is 3.98. The molecule has 2 aliphatic rings. The van der Waals surface area contributed by atoms with E-state index in [0.717, 1.165) is 42.9 Å². The standard InChI is InChI=1S/C24H29N5O4/c1-14-20(26-19-5-4-8-29(10-9-28(2)3)24(33)22(14)19)12-17-16-11-15(25-21(31)13-30)6-7-18(16)27-23(17)32/h6-7,11-12,26,30H,4-5,8-10,13H2,1-3H3,(H,25,31)(H,27,32). The predicted molar refractivity (Wildman–Crippen MR) is 127 cm³/mol. The van der Waals surface area contributed by atoms with Crippen LogP contribution in [0.5, 0.6) is 0 Å². The molecular weight excluding hydrogens is 422 g/mol. The highest BCUT2D eigenvalue weighted by atomic mass is 16.3. The fraction of sp³-hybridized carbons (Fsp3) is 0.375. The van der Waals surface area contributed by atoms with Crippen LogP contribution in [-0.2, 0) is 16.0 Å². The van der Waals surface area contributed by atoms with Crippen molar-refractivity contribution in [3.8, 4) is 0 Å². The van der Waals surface area contributed by atoms with Gasteiger partial charge in [0.25, 0.3) is 11.8 Å². The minimum absolute atomic E-state index is 0.0213. The Balaban J connectivity index is 1.68. The van der Waals surface area contributed by atoms with E-state index in [1.54, 1.807) is 24.3 Å². The summed E-state index contributed by atoms with van der Waals surface area (Å²) >= 11 is 0. The number of nitrogens with one attached hydrogen (secondary N) is 3. The van der Waals surface area contributed by atoms with Gasteiger partial charge < -0.3 is 30.5 Å². The number of aromatic nitrogens is 1. The predicted octanol–water partition coefficient (Wildman–Crippen LogP) is 1.70. The van der Waals surface area contributed by atoms with Gasteiger partial charge >= 0.3 is 0 Å². The van der Waals surface area contributed by atoms with E-state index in [9.17, 15) is 14.4 Å². The molecule has 1 aromatic heterocycles. The van der Waals surface area contributed by atoms with Gasteiger partial charge in [-0.1, -0.05) is 0 Å². The molecule has 2 aromatic rings. The Bertz CT molecular complexity index is 1150. The van der Waals surface area contributed by atoms with Crippen molar-refractivity contribution < 1.29 is 19.5 Å². The van der Waals surface area contributed by atoms with Gasteiger partial charge in [0.2, 0.25) is 5.91 Å². The van der Waals surface area contributed by atoms with Crippen LogP contribution in [0.2, 0.25) is 0 Å². The van der Waals surface area contributed by atoms with E-state index in [2.05, 4.69) is 20.5 Å². The van der Waals surface area contributed by atoms with E-state index in [4.69, 9.17) is 5.11 Å². The van der Waals surface area contributed by atoms with Crippen LogP contribution < -0.4 is 10.6 Å². The fourth-order valence-electron chi connectivity index (χ4n) is 4.30. The number of benzene rings is 1. The summed E-state index contributed by atoms with van der Waals surface area (Å²) < 4.78 is 0. The van der Waals surface area contributed by atoms with Crippen LogP contribution in [0, 0.1) is 6.92 Å². The number of hydrogen-bond donors (Lipinski definition) is 4. The summed E-state index contributed by atoms with van der Waals surface area (Å²) in [6, 6.07) is 5.08. The highest BCUT2D eigenvalue weighted by molar-refractivity contribution is 6.35. The molecule has 174 valence electrons. The third-order valence-corrected chi connectivity index (χ3v) is 6.06. The second-order valence-electron chi connectivity index (χ2n) is 8.70. The molecule has 0 bridgehead atoms. The average Bonchev–Trinajstić information content (AvgIpc) is 3.19. The number of fused-ring (bicyclic) bond motifs is 2. The Kier molecular flexibility index (Phi) is 6.35. The molecule has 0 saturated heterocycles. The lowest BCUT2D eigenvalue weighted by atomic mass is 10.0. The van der Waals surface area contributed by atoms with Gasteiger partial charge in [0.15, 0.2) is 0 Å². The lowest BCUT2D eigenvalue weighted by molar-refractivity contribution is -0.118. The molecule has 4 N–H and O–H groups in total. The summed E-state index contributed by atoms with van der Waals surface area (Å²) in [5, 5.41) is 14.4. The third-order valence-electron chi connectivity index (χ3n) is 6.06. The van der Waals surface area contributed by atoms with Crippen LogP contribution >= 0.6 is 0 Å². The largest absolute Gasteiger partial charge is 0.387 e. The second kappa shape index (κ2) is 9.21. The maximum atomic E-state index is 13.3. The summed E-state index contributed by atoms with van der Waals surface area (Å²) in [5.41, 5.74) is 5.38. The van der Waals surface area contributed by atoms with E-state index in [-0.39, 0.29) is 11.8 Å². The van der Waals surface area contributed by atoms with Crippen LogP contribution in [0.4, 0.5) is 11.4 Å². The van der Waals surface area contributed by atoms with Crippen molar-refractivity contribution in [1.29, 1.82) is 0 Å². The van der Waals surface area contributed by atoms with E-state index < -0.39 is 12.5 Å². The Morgan fingerprint density at radius 1 is 1.30 bits per heavy atom. The van der Waals surface area contributed by atoms with Crippen LogP contribution in [0.15, 0.2) is 18.2 Å². The minimum Gasteiger partial charge on any atom is -0.387 e. The van der Waals surface area contributed by atoms with E-state index in [0.29, 0.717) is 34.6 Å². The fourth-order valence-corrected chi connectivity index (χ4v) is 4.30. The molecule has 0 aliphatic carbocycles. The molecule has 4 rings (SSSR count). The molecule has 3 amide bonds. The first kappa shape index (κ1) is 22.8. The lowest BCUT2D eigenvalue weighted by Gasteiger charge is -2.23. The van der Waals surface area contributed by atoms with Crippen molar-refractivity contribution in [2.75, 3.05) is 51.0 Å². The summed E-state index contributed by atoms with van der Waals surface area (Å²) in [6.45, 7) is 3.48. The normalized spacial score (nSPS) is 16.6. The zero-order valence-electron chi connectivity index (χ0n) is 19.1. The number of likely N-dealkylation sites (N-methyl/N-ethyl adjacent to an activating group) is 1.